The van der Waals surface area contributed by atoms with Crippen molar-refractivity contribution in [1.82, 2.24) is 10.2 Å². The van der Waals surface area contributed by atoms with Crippen LogP contribution in [0.15, 0.2) is 0 Å². The van der Waals surface area contributed by atoms with Crippen LogP contribution in [0.25, 0.3) is 0 Å². The standard InChI is InChI=1S/C15H29N3O.2ClH/c1-2-18-9-4-3-7-13(18)11-17-15(19)10-12-6-5-8-14(12)16;;/h12-14H,2-11,16H2,1H3,(H,17,19);2*1H/t12-,13?,14+;;/m0../s1. The van der Waals surface area contributed by atoms with E-state index in [0.29, 0.717) is 18.4 Å². The van der Waals surface area contributed by atoms with Crippen LogP contribution in [0.1, 0.15) is 51.9 Å². The van der Waals surface area contributed by atoms with Crippen LogP contribution < -0.4 is 11.1 Å². The van der Waals surface area contributed by atoms with Gasteiger partial charge >= 0.3 is 0 Å². The fraction of sp³-hybridized carbons (Fsp3) is 0.933. The number of rotatable bonds is 5. The molecule has 0 radical (unpaired) electrons. The number of carbonyl (C=O) groups is 1. The van der Waals surface area contributed by atoms with E-state index in [1.807, 2.05) is 0 Å². The Kier molecular flexibility index (Phi) is 10.6. The molecule has 0 aromatic heterocycles. The first-order valence-corrected chi connectivity index (χ1v) is 7.97. The number of nitrogens with two attached hydrogens (primary N) is 1. The Labute approximate surface area is 141 Å². The molecule has 2 aliphatic rings. The molecular formula is C15H31Cl2N3O. The van der Waals surface area contributed by atoms with Crippen molar-refractivity contribution in [3.63, 3.8) is 0 Å². The lowest BCUT2D eigenvalue weighted by molar-refractivity contribution is -0.122. The minimum absolute atomic E-state index is 0. The van der Waals surface area contributed by atoms with Crippen molar-refractivity contribution in [2.45, 2.75) is 64.0 Å². The van der Waals surface area contributed by atoms with Gasteiger partial charge in [-0.15, -0.1) is 24.8 Å². The van der Waals surface area contributed by atoms with Gasteiger partial charge in [0, 0.05) is 25.0 Å². The van der Waals surface area contributed by atoms with E-state index in [0.717, 1.165) is 25.9 Å². The summed E-state index contributed by atoms with van der Waals surface area (Å²) in [5.74, 6) is 0.609. The molecule has 1 unspecified atom stereocenters. The first-order valence-electron chi connectivity index (χ1n) is 7.97. The predicted molar refractivity (Wildman–Crippen MR) is 92.3 cm³/mol. The number of piperidine rings is 1. The molecule has 1 saturated carbocycles. The van der Waals surface area contributed by atoms with Crippen molar-refractivity contribution in [2.75, 3.05) is 19.6 Å². The highest BCUT2D eigenvalue weighted by molar-refractivity contribution is 5.85. The van der Waals surface area contributed by atoms with Crippen molar-refractivity contribution in [3.8, 4) is 0 Å². The third-order valence-corrected chi connectivity index (χ3v) is 4.86. The van der Waals surface area contributed by atoms with Gasteiger partial charge in [-0.3, -0.25) is 9.69 Å². The number of amides is 1. The summed E-state index contributed by atoms with van der Waals surface area (Å²) in [5, 5.41) is 3.13. The van der Waals surface area contributed by atoms with Crippen molar-refractivity contribution in [3.05, 3.63) is 0 Å². The molecule has 21 heavy (non-hydrogen) atoms. The average Bonchev–Trinajstić information content (AvgIpc) is 2.82. The Hall–Kier alpha value is -0.0300. The number of nitrogens with zero attached hydrogens (tertiary/aromatic N) is 1. The van der Waals surface area contributed by atoms with Crippen molar-refractivity contribution in [2.24, 2.45) is 11.7 Å². The van der Waals surface area contributed by atoms with E-state index >= 15 is 0 Å². The van der Waals surface area contributed by atoms with E-state index in [1.54, 1.807) is 0 Å². The molecule has 2 fully saturated rings. The van der Waals surface area contributed by atoms with Crippen LogP contribution in [0.4, 0.5) is 0 Å². The zero-order chi connectivity index (χ0) is 13.7. The summed E-state index contributed by atoms with van der Waals surface area (Å²) in [6.45, 7) is 5.30. The Balaban J connectivity index is 0.00000200. The van der Waals surface area contributed by atoms with Gasteiger partial charge in [-0.2, -0.15) is 0 Å². The Bertz CT molecular complexity index is 305. The highest BCUT2D eigenvalue weighted by atomic mass is 35.5. The van der Waals surface area contributed by atoms with Gasteiger partial charge in [0.25, 0.3) is 0 Å². The number of hydrogen-bond donors (Lipinski definition) is 2. The highest BCUT2D eigenvalue weighted by Gasteiger charge is 2.27. The minimum atomic E-state index is 0. The monoisotopic (exact) mass is 339 g/mol. The largest absolute Gasteiger partial charge is 0.355 e. The Morgan fingerprint density at radius 2 is 1.95 bits per heavy atom. The number of halogens is 2. The van der Waals surface area contributed by atoms with Gasteiger partial charge in [0.05, 0.1) is 0 Å². The third-order valence-electron chi connectivity index (χ3n) is 4.86. The van der Waals surface area contributed by atoms with Crippen LogP contribution in [-0.4, -0.2) is 42.5 Å². The normalized spacial score (nSPS) is 29.3. The van der Waals surface area contributed by atoms with Gasteiger partial charge in [0.15, 0.2) is 0 Å². The third kappa shape index (κ3) is 6.31. The van der Waals surface area contributed by atoms with E-state index in [-0.39, 0.29) is 36.8 Å². The second-order valence-electron chi connectivity index (χ2n) is 6.14. The van der Waals surface area contributed by atoms with Crippen LogP contribution in [0, 0.1) is 5.92 Å². The molecule has 1 aliphatic heterocycles. The molecule has 6 heteroatoms. The lowest BCUT2D eigenvalue weighted by Crippen LogP contribution is -2.46. The van der Waals surface area contributed by atoms with E-state index in [2.05, 4.69) is 17.1 Å². The Morgan fingerprint density at radius 3 is 2.57 bits per heavy atom. The summed E-state index contributed by atoms with van der Waals surface area (Å²) < 4.78 is 0. The highest BCUT2D eigenvalue weighted by Crippen LogP contribution is 2.26. The smallest absolute Gasteiger partial charge is 0.220 e. The minimum Gasteiger partial charge on any atom is -0.355 e. The maximum absolute atomic E-state index is 12.0. The SMILES string of the molecule is CCN1CCCCC1CNC(=O)C[C@@H]1CCC[C@H]1N.Cl.Cl. The van der Waals surface area contributed by atoms with Crippen molar-refractivity contribution < 1.29 is 4.79 Å². The average molecular weight is 340 g/mol. The molecule has 0 aromatic rings. The summed E-state index contributed by atoms with van der Waals surface area (Å²) in [6, 6.07) is 0.785. The summed E-state index contributed by atoms with van der Waals surface area (Å²) in [6.07, 6.45) is 7.84. The van der Waals surface area contributed by atoms with E-state index in [1.165, 1.54) is 32.2 Å². The summed E-state index contributed by atoms with van der Waals surface area (Å²) in [4.78, 5) is 14.5. The van der Waals surface area contributed by atoms with Crippen molar-refractivity contribution >= 4 is 30.7 Å². The fourth-order valence-electron chi connectivity index (χ4n) is 3.57. The van der Waals surface area contributed by atoms with Gasteiger partial charge in [0.2, 0.25) is 5.91 Å². The molecule has 0 aromatic carbocycles. The van der Waals surface area contributed by atoms with Crippen molar-refractivity contribution in [1.29, 1.82) is 0 Å². The number of carbonyl (C=O) groups excluding carboxylic acids is 1. The van der Waals surface area contributed by atoms with Crippen LogP contribution >= 0.6 is 24.8 Å². The van der Waals surface area contributed by atoms with Gasteiger partial charge in [-0.25, -0.2) is 0 Å². The molecule has 4 nitrogen and oxygen atoms in total. The van der Waals surface area contributed by atoms with Gasteiger partial charge in [0.1, 0.15) is 0 Å². The maximum atomic E-state index is 12.0. The lowest BCUT2D eigenvalue weighted by Gasteiger charge is -2.35. The lowest BCUT2D eigenvalue weighted by atomic mass is 9.99. The second-order valence-corrected chi connectivity index (χ2v) is 6.14. The first-order chi connectivity index (χ1) is 9.20. The molecule has 1 saturated heterocycles. The summed E-state index contributed by atoms with van der Waals surface area (Å²) >= 11 is 0. The van der Waals surface area contributed by atoms with E-state index < -0.39 is 0 Å². The number of hydrogen-bond acceptors (Lipinski definition) is 3. The number of nitrogens with one attached hydrogen (secondary N) is 1. The molecule has 2 rings (SSSR count). The van der Waals surface area contributed by atoms with Crippen LogP contribution in [0.5, 0.6) is 0 Å². The van der Waals surface area contributed by atoms with Gasteiger partial charge in [-0.05, 0) is 44.7 Å². The summed E-state index contributed by atoms with van der Waals surface area (Å²) in [5.41, 5.74) is 6.02. The molecule has 0 spiro atoms. The van der Waals surface area contributed by atoms with Crippen LogP contribution in [0.3, 0.4) is 0 Å². The van der Waals surface area contributed by atoms with Crippen LogP contribution in [0.2, 0.25) is 0 Å². The van der Waals surface area contributed by atoms with Gasteiger partial charge < -0.3 is 11.1 Å². The molecule has 1 aliphatic carbocycles. The van der Waals surface area contributed by atoms with Crippen LogP contribution in [-0.2, 0) is 4.79 Å². The molecule has 1 amide bonds. The number of likely N-dealkylation sites (tertiary alicyclic amines) is 1. The molecule has 3 N–H and O–H groups in total. The van der Waals surface area contributed by atoms with Gasteiger partial charge in [-0.1, -0.05) is 19.8 Å². The summed E-state index contributed by atoms with van der Waals surface area (Å²) in [7, 11) is 0. The van der Waals surface area contributed by atoms with E-state index in [4.69, 9.17) is 5.73 Å². The zero-order valence-corrected chi connectivity index (χ0v) is 14.7. The molecule has 0 bridgehead atoms. The number of likely N-dealkylation sites (N-methyl/N-ethyl adjacent to an activating group) is 1. The quantitative estimate of drug-likeness (QED) is 0.808. The molecule has 1 heterocycles. The fourth-order valence-corrected chi connectivity index (χ4v) is 3.57. The Morgan fingerprint density at radius 1 is 1.19 bits per heavy atom. The predicted octanol–water partition coefficient (Wildman–Crippen LogP) is 2.34. The zero-order valence-electron chi connectivity index (χ0n) is 13.1. The molecular weight excluding hydrogens is 309 g/mol. The van der Waals surface area contributed by atoms with E-state index in [9.17, 15) is 4.79 Å². The molecule has 126 valence electrons. The molecule has 3 atom stereocenters. The first kappa shape index (κ1) is 21.0. The maximum Gasteiger partial charge on any atom is 0.220 e. The second kappa shape index (κ2) is 10.7. The topological polar surface area (TPSA) is 58.4 Å².